The third-order valence-electron chi connectivity index (χ3n) is 12.7. The number of rotatable bonds is 7. The van der Waals surface area contributed by atoms with E-state index in [4.69, 9.17) is 0 Å². The maximum Gasteiger partial charge on any atom is 0.0714 e. The number of para-hydroxylation sites is 1. The molecule has 0 saturated carbocycles. The van der Waals surface area contributed by atoms with Crippen molar-refractivity contribution in [2.75, 3.05) is 4.90 Å². The van der Waals surface area contributed by atoms with Crippen LogP contribution >= 0.6 is 11.3 Å². The average Bonchev–Trinajstić information content (AvgIpc) is 3.86. The van der Waals surface area contributed by atoms with Gasteiger partial charge in [-0.2, -0.15) is 0 Å². The molecule has 1 aliphatic carbocycles. The van der Waals surface area contributed by atoms with Crippen molar-refractivity contribution in [2.45, 2.75) is 5.41 Å². The van der Waals surface area contributed by atoms with Gasteiger partial charge in [0.25, 0.3) is 0 Å². The van der Waals surface area contributed by atoms with Gasteiger partial charge in [0.1, 0.15) is 0 Å². The van der Waals surface area contributed by atoms with E-state index in [1.807, 2.05) is 11.3 Å². The first-order valence-electron chi connectivity index (χ1n) is 21.0. The van der Waals surface area contributed by atoms with Crippen LogP contribution in [0.2, 0.25) is 0 Å². The van der Waals surface area contributed by atoms with E-state index in [0.717, 1.165) is 17.1 Å². The summed E-state index contributed by atoms with van der Waals surface area (Å²) < 4.78 is 2.62. The van der Waals surface area contributed by atoms with Gasteiger partial charge in [0.15, 0.2) is 0 Å². The summed E-state index contributed by atoms with van der Waals surface area (Å²) in [4.78, 5) is 2.53. The highest BCUT2D eigenvalue weighted by Gasteiger charge is 2.47. The number of benzene rings is 10. The molecule has 12 rings (SSSR count). The maximum absolute atomic E-state index is 2.53. The number of thiophene rings is 1. The van der Waals surface area contributed by atoms with Gasteiger partial charge in [0.05, 0.1) is 16.8 Å². The Morgan fingerprint density at radius 3 is 1.75 bits per heavy atom. The Morgan fingerprint density at radius 1 is 0.344 bits per heavy atom. The molecule has 0 unspecified atom stereocenters. The van der Waals surface area contributed by atoms with Gasteiger partial charge >= 0.3 is 0 Å². The smallest absolute Gasteiger partial charge is 0.0714 e. The number of hydrogen-bond acceptors (Lipinski definition) is 2. The van der Waals surface area contributed by atoms with Crippen molar-refractivity contribution in [2.24, 2.45) is 0 Å². The lowest BCUT2D eigenvalue weighted by Gasteiger charge is -2.34. The standard InChI is InChI=1S/C59H39NS/c1-3-21-43(22-4-1)59(44-23-5-2-6-24-44)52-31-12-9-29-51(52)58-53(59)32-17-34-55(58)60(54-33-13-10-27-48(54)47-30-16-19-40-18-7-8-26-46(40)47)45-25-15-20-41(38-45)42-36-37-50-49-28-11-14-35-56(49)61-57(50)39-42/h1-39H. The zero-order valence-corrected chi connectivity index (χ0v) is 34.2. The molecule has 0 aliphatic heterocycles. The lowest BCUT2D eigenvalue weighted by Crippen LogP contribution is -2.28. The summed E-state index contributed by atoms with van der Waals surface area (Å²) in [7, 11) is 0. The van der Waals surface area contributed by atoms with Crippen LogP contribution in [0.15, 0.2) is 237 Å². The molecule has 10 aromatic carbocycles. The van der Waals surface area contributed by atoms with Crippen LogP contribution in [0.25, 0.3) is 64.3 Å². The molecular formula is C59H39NS. The van der Waals surface area contributed by atoms with Gasteiger partial charge in [-0.25, -0.2) is 0 Å². The molecule has 2 heteroatoms. The molecule has 0 spiro atoms. The number of anilines is 3. The highest BCUT2D eigenvalue weighted by Crippen LogP contribution is 2.60. The minimum absolute atomic E-state index is 0.521. The van der Waals surface area contributed by atoms with Gasteiger partial charge < -0.3 is 4.90 Å². The fraction of sp³-hybridized carbons (Fsp3) is 0.0169. The second-order valence-corrected chi connectivity index (χ2v) is 17.0. The van der Waals surface area contributed by atoms with E-state index >= 15 is 0 Å². The quantitative estimate of drug-likeness (QED) is 0.155. The van der Waals surface area contributed by atoms with E-state index in [9.17, 15) is 0 Å². The number of fused-ring (bicyclic) bond motifs is 7. The third-order valence-corrected chi connectivity index (χ3v) is 13.9. The van der Waals surface area contributed by atoms with Crippen LogP contribution in [-0.2, 0) is 5.41 Å². The minimum Gasteiger partial charge on any atom is -0.309 e. The van der Waals surface area contributed by atoms with Gasteiger partial charge in [-0.05, 0) is 91.7 Å². The summed E-state index contributed by atoms with van der Waals surface area (Å²) in [5, 5.41) is 5.09. The molecule has 0 saturated heterocycles. The van der Waals surface area contributed by atoms with Crippen LogP contribution in [0.5, 0.6) is 0 Å². The molecule has 0 bridgehead atoms. The molecule has 0 atom stereocenters. The van der Waals surface area contributed by atoms with E-state index in [0.29, 0.717) is 0 Å². The summed E-state index contributed by atoms with van der Waals surface area (Å²) in [6, 6.07) is 87.4. The van der Waals surface area contributed by atoms with E-state index < -0.39 is 5.41 Å². The van der Waals surface area contributed by atoms with Gasteiger partial charge in [0.2, 0.25) is 0 Å². The molecule has 286 valence electrons. The molecule has 61 heavy (non-hydrogen) atoms. The van der Waals surface area contributed by atoms with Crippen LogP contribution in [0, 0.1) is 0 Å². The first-order chi connectivity index (χ1) is 30.3. The SMILES string of the molecule is c1ccc(C2(c3ccccc3)c3ccccc3-c3c(N(c4cccc(-c5ccc6c(c5)sc5ccccc56)c4)c4ccccc4-c4cccc5ccccc45)cccc32)cc1. The fourth-order valence-corrected chi connectivity index (χ4v) is 11.3. The van der Waals surface area contributed by atoms with Crippen molar-refractivity contribution >= 4 is 59.3 Å². The molecule has 0 fully saturated rings. The normalized spacial score (nSPS) is 12.7. The maximum atomic E-state index is 2.53. The Morgan fingerprint density at radius 2 is 0.918 bits per heavy atom. The Balaban J connectivity index is 1.14. The number of hydrogen-bond donors (Lipinski definition) is 0. The van der Waals surface area contributed by atoms with Crippen molar-refractivity contribution in [1.29, 1.82) is 0 Å². The van der Waals surface area contributed by atoms with Crippen LogP contribution < -0.4 is 4.90 Å². The van der Waals surface area contributed by atoms with Gasteiger partial charge in [-0.1, -0.05) is 200 Å². The summed E-state index contributed by atoms with van der Waals surface area (Å²) in [5.41, 5.74) is 15.2. The zero-order chi connectivity index (χ0) is 40.3. The minimum atomic E-state index is -0.521. The summed E-state index contributed by atoms with van der Waals surface area (Å²) in [6.45, 7) is 0. The van der Waals surface area contributed by atoms with Crippen LogP contribution in [-0.4, -0.2) is 0 Å². The first-order valence-corrected chi connectivity index (χ1v) is 21.8. The molecule has 1 aliphatic rings. The first kappa shape index (κ1) is 35.4. The van der Waals surface area contributed by atoms with Crippen molar-refractivity contribution in [1.82, 2.24) is 0 Å². The Kier molecular flexibility index (Phi) is 8.33. The Labute approximate surface area is 360 Å². The molecule has 1 aromatic heterocycles. The van der Waals surface area contributed by atoms with Crippen molar-refractivity contribution < 1.29 is 0 Å². The van der Waals surface area contributed by atoms with Crippen LogP contribution in [0.4, 0.5) is 17.1 Å². The van der Waals surface area contributed by atoms with Crippen molar-refractivity contribution in [3.05, 3.63) is 259 Å². The second-order valence-electron chi connectivity index (χ2n) is 16.0. The highest BCUT2D eigenvalue weighted by molar-refractivity contribution is 7.25. The zero-order valence-electron chi connectivity index (χ0n) is 33.4. The molecule has 0 amide bonds. The summed E-state index contributed by atoms with van der Waals surface area (Å²) >= 11 is 1.87. The Hall–Kier alpha value is -7.52. The van der Waals surface area contributed by atoms with Crippen LogP contribution in [0.1, 0.15) is 22.3 Å². The predicted molar refractivity (Wildman–Crippen MR) is 260 cm³/mol. The second kappa shape index (κ2) is 14.3. The van der Waals surface area contributed by atoms with Crippen molar-refractivity contribution in [3.63, 3.8) is 0 Å². The van der Waals surface area contributed by atoms with E-state index in [2.05, 4.69) is 241 Å². The topological polar surface area (TPSA) is 3.24 Å². The molecule has 0 radical (unpaired) electrons. The summed E-state index contributed by atoms with van der Waals surface area (Å²) in [6.07, 6.45) is 0. The predicted octanol–water partition coefficient (Wildman–Crippen LogP) is 16.4. The van der Waals surface area contributed by atoms with E-state index in [1.165, 1.54) is 86.6 Å². The van der Waals surface area contributed by atoms with Crippen LogP contribution in [0.3, 0.4) is 0 Å². The molecule has 0 N–H and O–H groups in total. The average molecular weight is 794 g/mol. The van der Waals surface area contributed by atoms with Gasteiger partial charge in [0, 0.05) is 37.0 Å². The molecule has 11 aromatic rings. The largest absolute Gasteiger partial charge is 0.309 e. The lowest BCUT2D eigenvalue weighted by molar-refractivity contribution is 0.768. The van der Waals surface area contributed by atoms with Crippen molar-refractivity contribution in [3.8, 4) is 33.4 Å². The van der Waals surface area contributed by atoms with E-state index in [-0.39, 0.29) is 0 Å². The summed E-state index contributed by atoms with van der Waals surface area (Å²) in [5.74, 6) is 0. The highest BCUT2D eigenvalue weighted by atomic mass is 32.1. The van der Waals surface area contributed by atoms with E-state index in [1.54, 1.807) is 0 Å². The van der Waals surface area contributed by atoms with Gasteiger partial charge in [-0.15, -0.1) is 11.3 Å². The molecule has 1 nitrogen and oxygen atoms in total. The number of nitrogens with zero attached hydrogens (tertiary/aromatic N) is 1. The fourth-order valence-electron chi connectivity index (χ4n) is 10.2. The lowest BCUT2D eigenvalue weighted by atomic mass is 9.68. The molecule has 1 heterocycles. The van der Waals surface area contributed by atoms with Gasteiger partial charge in [-0.3, -0.25) is 0 Å². The Bertz CT molecular complexity index is 3390. The third kappa shape index (κ3) is 5.53. The molecular weight excluding hydrogens is 755 g/mol. The monoisotopic (exact) mass is 793 g/mol.